The minimum atomic E-state index is -0.729. The Bertz CT molecular complexity index is 539. The Balaban J connectivity index is 1.85. The molecule has 0 unspecified atom stereocenters. The van der Waals surface area contributed by atoms with E-state index in [1.54, 1.807) is 4.90 Å². The van der Waals surface area contributed by atoms with E-state index in [1.807, 2.05) is 18.4 Å². The summed E-state index contributed by atoms with van der Waals surface area (Å²) in [5, 5.41) is 11.4. The second kappa shape index (κ2) is 4.34. The average molecular weight is 279 g/mol. The molecule has 19 heavy (non-hydrogen) atoms. The van der Waals surface area contributed by atoms with Crippen molar-refractivity contribution in [3.63, 3.8) is 0 Å². The van der Waals surface area contributed by atoms with Crippen molar-refractivity contribution < 1.29 is 14.7 Å². The molecule has 2 atom stereocenters. The van der Waals surface area contributed by atoms with Gasteiger partial charge in [0, 0.05) is 13.1 Å². The largest absolute Gasteiger partial charge is 0.481 e. The Morgan fingerprint density at radius 3 is 2.89 bits per heavy atom. The maximum atomic E-state index is 12.5. The van der Waals surface area contributed by atoms with Crippen molar-refractivity contribution in [3.05, 3.63) is 21.9 Å². The zero-order chi connectivity index (χ0) is 13.6. The molecule has 0 spiro atoms. The quantitative estimate of drug-likeness (QED) is 0.904. The zero-order valence-corrected chi connectivity index (χ0v) is 11.7. The average Bonchev–Trinajstić information content (AvgIpc) is 3.00. The molecule has 0 radical (unpaired) electrons. The lowest BCUT2D eigenvalue weighted by Gasteiger charge is -2.23. The molecule has 102 valence electrons. The number of hydrogen-bond acceptors (Lipinski definition) is 3. The van der Waals surface area contributed by atoms with Gasteiger partial charge in [0.25, 0.3) is 5.91 Å². The van der Waals surface area contributed by atoms with Crippen molar-refractivity contribution in [3.8, 4) is 0 Å². The molecule has 2 heterocycles. The molecule has 1 saturated heterocycles. The Morgan fingerprint density at radius 1 is 1.53 bits per heavy atom. The minimum Gasteiger partial charge on any atom is -0.481 e. The summed E-state index contributed by atoms with van der Waals surface area (Å²) >= 11 is 1.44. The van der Waals surface area contributed by atoms with Crippen LogP contribution in [0.1, 0.15) is 34.5 Å². The Hall–Kier alpha value is -1.36. The molecule has 2 fully saturated rings. The third-order valence-electron chi connectivity index (χ3n) is 4.64. The fraction of sp³-hybridized carbons (Fsp3) is 0.571. The topological polar surface area (TPSA) is 57.6 Å². The molecule has 1 aromatic heterocycles. The van der Waals surface area contributed by atoms with Crippen LogP contribution < -0.4 is 0 Å². The van der Waals surface area contributed by atoms with Gasteiger partial charge < -0.3 is 10.0 Å². The lowest BCUT2D eigenvalue weighted by atomic mass is 9.81. The van der Waals surface area contributed by atoms with Crippen LogP contribution in [0.5, 0.6) is 0 Å². The molecule has 3 rings (SSSR count). The number of aliphatic carboxylic acids is 1. The first-order chi connectivity index (χ1) is 9.04. The number of carboxylic acids is 1. The molecule has 1 amide bonds. The molecule has 5 heteroatoms. The summed E-state index contributed by atoms with van der Waals surface area (Å²) < 4.78 is 0. The van der Waals surface area contributed by atoms with Crippen LogP contribution in [0, 0.1) is 18.3 Å². The molecule has 0 aromatic carbocycles. The highest BCUT2D eigenvalue weighted by atomic mass is 32.1. The van der Waals surface area contributed by atoms with E-state index in [1.165, 1.54) is 11.3 Å². The molecule has 0 bridgehead atoms. The summed E-state index contributed by atoms with van der Waals surface area (Å²) in [7, 11) is 0. The predicted octanol–water partition coefficient (Wildman–Crippen LogP) is 2.38. The second-order valence-electron chi connectivity index (χ2n) is 5.67. The van der Waals surface area contributed by atoms with Gasteiger partial charge in [0.1, 0.15) is 0 Å². The molecule has 1 saturated carbocycles. The Morgan fingerprint density at radius 2 is 2.32 bits per heavy atom. The summed E-state index contributed by atoms with van der Waals surface area (Å²) in [4.78, 5) is 26.6. The monoisotopic (exact) mass is 279 g/mol. The number of nitrogens with zero attached hydrogens (tertiary/aromatic N) is 1. The van der Waals surface area contributed by atoms with Crippen LogP contribution >= 0.6 is 11.3 Å². The van der Waals surface area contributed by atoms with E-state index in [9.17, 15) is 14.7 Å². The van der Waals surface area contributed by atoms with Crippen molar-refractivity contribution >= 4 is 23.2 Å². The summed E-state index contributed by atoms with van der Waals surface area (Å²) in [5.74, 6) is -0.593. The fourth-order valence-corrected chi connectivity index (χ4v) is 4.42. The number of aryl methyl sites for hydroxylation is 1. The summed E-state index contributed by atoms with van der Waals surface area (Å²) in [6.07, 6.45) is 2.61. The van der Waals surface area contributed by atoms with Crippen LogP contribution in [0.25, 0.3) is 0 Å². The Kier molecular flexibility index (Phi) is 2.89. The first-order valence-corrected chi connectivity index (χ1v) is 7.49. The Labute approximate surface area is 116 Å². The van der Waals surface area contributed by atoms with E-state index in [0.717, 1.165) is 23.3 Å². The van der Waals surface area contributed by atoms with Gasteiger partial charge in [-0.15, -0.1) is 11.3 Å². The number of amides is 1. The van der Waals surface area contributed by atoms with Crippen molar-refractivity contribution in [1.82, 2.24) is 4.90 Å². The molecular formula is C14H17NO3S. The fourth-order valence-electron chi connectivity index (χ4n) is 3.53. The van der Waals surface area contributed by atoms with E-state index >= 15 is 0 Å². The maximum absolute atomic E-state index is 12.5. The SMILES string of the molecule is Cc1ccsc1C(=O)N1C[C@@H]2CCC[C@@]2(C(=O)O)C1. The number of carboxylic acid groups (broad SMARTS) is 1. The van der Waals surface area contributed by atoms with E-state index < -0.39 is 11.4 Å². The van der Waals surface area contributed by atoms with E-state index in [0.29, 0.717) is 19.5 Å². The standard InChI is InChI=1S/C14H17NO3S/c1-9-4-6-19-11(9)12(16)15-7-10-3-2-5-14(10,8-15)13(17)18/h4,6,10H,2-3,5,7-8H2,1H3,(H,17,18)/t10-,14+/m0/s1. The molecule has 2 aliphatic rings. The predicted molar refractivity (Wildman–Crippen MR) is 72.4 cm³/mol. The van der Waals surface area contributed by atoms with Crippen LogP contribution in [0.15, 0.2) is 11.4 Å². The van der Waals surface area contributed by atoms with Crippen LogP contribution in [-0.2, 0) is 4.79 Å². The number of fused-ring (bicyclic) bond motifs is 1. The van der Waals surface area contributed by atoms with Gasteiger partial charge in [-0.2, -0.15) is 0 Å². The summed E-state index contributed by atoms with van der Waals surface area (Å²) in [6, 6.07) is 1.93. The highest BCUT2D eigenvalue weighted by Crippen LogP contribution is 2.49. The first kappa shape index (κ1) is 12.7. The number of carbonyl (C=O) groups excluding carboxylic acids is 1. The lowest BCUT2D eigenvalue weighted by molar-refractivity contribution is -0.149. The number of likely N-dealkylation sites (tertiary alicyclic amines) is 1. The van der Waals surface area contributed by atoms with Gasteiger partial charge in [0.05, 0.1) is 10.3 Å². The van der Waals surface area contributed by atoms with Crippen molar-refractivity contribution in [2.24, 2.45) is 11.3 Å². The van der Waals surface area contributed by atoms with Gasteiger partial charge in [0.2, 0.25) is 0 Å². The van der Waals surface area contributed by atoms with Crippen molar-refractivity contribution in [1.29, 1.82) is 0 Å². The van der Waals surface area contributed by atoms with Gasteiger partial charge in [-0.1, -0.05) is 6.42 Å². The number of carbonyl (C=O) groups is 2. The normalized spacial score (nSPS) is 29.5. The van der Waals surface area contributed by atoms with Gasteiger partial charge in [-0.3, -0.25) is 9.59 Å². The van der Waals surface area contributed by atoms with Crippen LogP contribution in [-0.4, -0.2) is 35.0 Å². The van der Waals surface area contributed by atoms with Crippen molar-refractivity contribution in [2.45, 2.75) is 26.2 Å². The number of hydrogen-bond donors (Lipinski definition) is 1. The highest BCUT2D eigenvalue weighted by molar-refractivity contribution is 7.12. The van der Waals surface area contributed by atoms with Crippen LogP contribution in [0.3, 0.4) is 0 Å². The van der Waals surface area contributed by atoms with Gasteiger partial charge in [0.15, 0.2) is 0 Å². The van der Waals surface area contributed by atoms with E-state index in [4.69, 9.17) is 0 Å². The third kappa shape index (κ3) is 1.79. The molecule has 1 aliphatic heterocycles. The van der Waals surface area contributed by atoms with E-state index in [2.05, 4.69) is 0 Å². The third-order valence-corrected chi connectivity index (χ3v) is 5.64. The molecule has 1 aromatic rings. The van der Waals surface area contributed by atoms with Gasteiger partial charge in [-0.25, -0.2) is 0 Å². The summed E-state index contributed by atoms with van der Waals surface area (Å²) in [6.45, 7) is 2.90. The second-order valence-corrected chi connectivity index (χ2v) is 6.58. The number of rotatable bonds is 2. The van der Waals surface area contributed by atoms with Crippen molar-refractivity contribution in [2.75, 3.05) is 13.1 Å². The highest BCUT2D eigenvalue weighted by Gasteiger charge is 2.55. The minimum absolute atomic E-state index is 0.00234. The molecule has 1 N–H and O–H groups in total. The van der Waals surface area contributed by atoms with Gasteiger partial charge in [-0.05, 0) is 42.7 Å². The van der Waals surface area contributed by atoms with Crippen LogP contribution in [0.4, 0.5) is 0 Å². The maximum Gasteiger partial charge on any atom is 0.311 e. The number of thiophene rings is 1. The lowest BCUT2D eigenvalue weighted by Crippen LogP contribution is -2.37. The molecule has 1 aliphatic carbocycles. The molecular weight excluding hydrogens is 262 g/mol. The molecule has 4 nitrogen and oxygen atoms in total. The zero-order valence-electron chi connectivity index (χ0n) is 10.9. The van der Waals surface area contributed by atoms with Crippen LogP contribution in [0.2, 0.25) is 0 Å². The smallest absolute Gasteiger partial charge is 0.311 e. The van der Waals surface area contributed by atoms with Gasteiger partial charge >= 0.3 is 5.97 Å². The van der Waals surface area contributed by atoms with E-state index in [-0.39, 0.29) is 11.8 Å². The summed E-state index contributed by atoms with van der Waals surface area (Å²) in [5.41, 5.74) is 0.303. The first-order valence-electron chi connectivity index (χ1n) is 6.61.